The molecule has 0 aromatic carbocycles. The van der Waals surface area contributed by atoms with Gasteiger partial charge in [0.1, 0.15) is 0 Å². The van der Waals surface area contributed by atoms with Gasteiger partial charge in [-0.3, -0.25) is 0 Å². The lowest BCUT2D eigenvalue weighted by atomic mass is 9.89. The first-order chi connectivity index (χ1) is 5.52. The Morgan fingerprint density at radius 3 is 1.50 bits per heavy atom. The minimum Gasteiger partial charge on any atom is -0.301 e. The fraction of sp³-hybridized carbons (Fsp3) is 1.00. The number of hydrogen-bond acceptors (Lipinski definition) is 1. The maximum atomic E-state index is 2.53. The van der Waals surface area contributed by atoms with Crippen LogP contribution in [0.15, 0.2) is 0 Å². The molecule has 0 bridgehead atoms. The van der Waals surface area contributed by atoms with Crippen molar-refractivity contribution in [2.75, 3.05) is 7.05 Å². The second-order valence-electron chi connectivity index (χ2n) is 4.79. The van der Waals surface area contributed by atoms with Crippen LogP contribution >= 0.6 is 0 Å². The fourth-order valence-corrected chi connectivity index (χ4v) is 2.31. The number of nitrogens with zero attached hydrogens (tertiary/aromatic N) is 1. The molecule has 1 rings (SSSR count). The monoisotopic (exact) mass is 169 g/mol. The predicted molar refractivity (Wildman–Crippen MR) is 54.2 cm³/mol. The average molecular weight is 169 g/mol. The van der Waals surface area contributed by atoms with Gasteiger partial charge in [0.05, 0.1) is 0 Å². The number of rotatable bonds is 0. The van der Waals surface area contributed by atoms with Crippen molar-refractivity contribution in [1.82, 2.24) is 4.90 Å². The Morgan fingerprint density at radius 1 is 0.833 bits per heavy atom. The summed E-state index contributed by atoms with van der Waals surface area (Å²) in [6, 6.07) is 1.53. The van der Waals surface area contributed by atoms with Crippen molar-refractivity contribution in [3.05, 3.63) is 0 Å². The normalized spacial score (nSPS) is 45.8. The Bertz CT molecular complexity index is 128. The number of likely N-dealkylation sites (tertiary alicyclic amines) is 1. The summed E-state index contributed by atoms with van der Waals surface area (Å²) in [5.41, 5.74) is 0. The molecular formula is C11H23N. The lowest BCUT2D eigenvalue weighted by Crippen LogP contribution is -2.35. The summed E-state index contributed by atoms with van der Waals surface area (Å²) >= 11 is 0. The molecule has 1 saturated heterocycles. The summed E-state index contributed by atoms with van der Waals surface area (Å²) in [5.74, 6) is 1.79. The van der Waals surface area contributed by atoms with Gasteiger partial charge >= 0.3 is 0 Å². The van der Waals surface area contributed by atoms with E-state index >= 15 is 0 Å². The molecule has 0 aromatic rings. The molecular weight excluding hydrogens is 146 g/mol. The Balaban J connectivity index is 2.64. The number of hydrogen-bond donors (Lipinski definition) is 0. The summed E-state index contributed by atoms with van der Waals surface area (Å²) < 4.78 is 0. The highest BCUT2D eigenvalue weighted by atomic mass is 15.2. The van der Waals surface area contributed by atoms with Gasteiger partial charge in [0, 0.05) is 12.1 Å². The summed E-state index contributed by atoms with van der Waals surface area (Å²) in [7, 11) is 2.26. The molecule has 0 aliphatic carbocycles. The van der Waals surface area contributed by atoms with Crippen molar-refractivity contribution in [3.8, 4) is 0 Å². The van der Waals surface area contributed by atoms with Crippen molar-refractivity contribution in [1.29, 1.82) is 0 Å². The molecule has 12 heavy (non-hydrogen) atoms. The third-order valence-electron chi connectivity index (χ3n) is 3.79. The first-order valence-corrected chi connectivity index (χ1v) is 5.24. The van der Waals surface area contributed by atoms with Gasteiger partial charge in [-0.2, -0.15) is 0 Å². The van der Waals surface area contributed by atoms with Crippen LogP contribution in [0.2, 0.25) is 0 Å². The molecule has 1 aliphatic rings. The molecule has 1 aliphatic heterocycles. The standard InChI is InChI=1S/C11H23N/c1-8-6-10(3)12(5)11(4)7-9(8)2/h8-11H,6-7H2,1-5H3. The van der Waals surface area contributed by atoms with Crippen molar-refractivity contribution >= 4 is 0 Å². The highest BCUT2D eigenvalue weighted by molar-refractivity contribution is 4.81. The molecule has 0 spiro atoms. The van der Waals surface area contributed by atoms with Gasteiger partial charge in [-0.15, -0.1) is 0 Å². The molecule has 1 heteroatoms. The average Bonchev–Trinajstić information content (AvgIpc) is 2.07. The molecule has 0 N–H and O–H groups in total. The molecule has 0 aromatic heterocycles. The zero-order valence-electron chi connectivity index (χ0n) is 9.17. The molecule has 1 nitrogen and oxygen atoms in total. The van der Waals surface area contributed by atoms with Crippen LogP contribution in [0.25, 0.3) is 0 Å². The van der Waals surface area contributed by atoms with Gasteiger partial charge in [0.25, 0.3) is 0 Å². The van der Waals surface area contributed by atoms with E-state index in [1.165, 1.54) is 12.8 Å². The third-order valence-corrected chi connectivity index (χ3v) is 3.79. The van der Waals surface area contributed by atoms with Crippen molar-refractivity contribution < 1.29 is 0 Å². The topological polar surface area (TPSA) is 3.24 Å². The van der Waals surface area contributed by atoms with E-state index in [1.54, 1.807) is 0 Å². The van der Waals surface area contributed by atoms with Gasteiger partial charge in [0.2, 0.25) is 0 Å². The largest absolute Gasteiger partial charge is 0.301 e. The summed E-state index contributed by atoms with van der Waals surface area (Å²) in [4.78, 5) is 2.53. The van der Waals surface area contributed by atoms with Gasteiger partial charge in [-0.05, 0) is 45.6 Å². The minimum absolute atomic E-state index is 0.764. The van der Waals surface area contributed by atoms with Crippen LogP contribution < -0.4 is 0 Å². The van der Waals surface area contributed by atoms with Crippen molar-refractivity contribution in [2.45, 2.75) is 52.6 Å². The van der Waals surface area contributed by atoms with Crippen LogP contribution in [0.4, 0.5) is 0 Å². The zero-order valence-corrected chi connectivity index (χ0v) is 9.17. The van der Waals surface area contributed by atoms with Crippen LogP contribution in [0, 0.1) is 11.8 Å². The quantitative estimate of drug-likeness (QED) is 0.539. The van der Waals surface area contributed by atoms with E-state index in [2.05, 4.69) is 39.6 Å². The maximum Gasteiger partial charge on any atom is 0.00693 e. The smallest absolute Gasteiger partial charge is 0.00693 e. The fourth-order valence-electron chi connectivity index (χ4n) is 2.31. The Labute approximate surface area is 77.1 Å². The Kier molecular flexibility index (Phi) is 3.16. The van der Waals surface area contributed by atoms with E-state index in [1.807, 2.05) is 0 Å². The van der Waals surface area contributed by atoms with E-state index < -0.39 is 0 Å². The molecule has 0 radical (unpaired) electrons. The van der Waals surface area contributed by atoms with Crippen molar-refractivity contribution in [3.63, 3.8) is 0 Å². The third kappa shape index (κ3) is 2.01. The summed E-state index contributed by atoms with van der Waals surface area (Å²) in [6.07, 6.45) is 2.73. The lowest BCUT2D eigenvalue weighted by Gasteiger charge is -2.28. The van der Waals surface area contributed by atoms with Gasteiger partial charge in [-0.1, -0.05) is 13.8 Å². The highest BCUT2D eigenvalue weighted by Gasteiger charge is 2.27. The second-order valence-corrected chi connectivity index (χ2v) is 4.79. The minimum atomic E-state index is 0.764. The molecule has 4 atom stereocenters. The Morgan fingerprint density at radius 2 is 1.17 bits per heavy atom. The van der Waals surface area contributed by atoms with E-state index in [-0.39, 0.29) is 0 Å². The van der Waals surface area contributed by atoms with Crippen LogP contribution in [-0.2, 0) is 0 Å². The molecule has 72 valence electrons. The van der Waals surface area contributed by atoms with Crippen LogP contribution in [0.5, 0.6) is 0 Å². The zero-order chi connectivity index (χ0) is 9.30. The molecule has 1 fully saturated rings. The second kappa shape index (κ2) is 3.78. The predicted octanol–water partition coefficient (Wildman–Crippen LogP) is 2.76. The lowest BCUT2D eigenvalue weighted by molar-refractivity contribution is 0.194. The van der Waals surface area contributed by atoms with E-state index in [0.29, 0.717) is 0 Å². The van der Waals surface area contributed by atoms with Crippen LogP contribution in [0.3, 0.4) is 0 Å². The SMILES string of the molecule is CC1CC(C)N(C)C(C)CC1C. The van der Waals surface area contributed by atoms with Crippen molar-refractivity contribution in [2.24, 2.45) is 11.8 Å². The highest BCUT2D eigenvalue weighted by Crippen LogP contribution is 2.29. The molecule has 1 heterocycles. The molecule has 0 amide bonds. The summed E-state index contributed by atoms with van der Waals surface area (Å²) in [6.45, 7) is 9.50. The van der Waals surface area contributed by atoms with E-state index in [9.17, 15) is 0 Å². The van der Waals surface area contributed by atoms with Gasteiger partial charge in [-0.25, -0.2) is 0 Å². The first kappa shape index (κ1) is 10.0. The summed E-state index contributed by atoms with van der Waals surface area (Å²) in [5, 5.41) is 0. The maximum absolute atomic E-state index is 2.53. The molecule has 0 saturated carbocycles. The van der Waals surface area contributed by atoms with Crippen LogP contribution in [-0.4, -0.2) is 24.0 Å². The Hall–Kier alpha value is -0.0400. The van der Waals surface area contributed by atoms with E-state index in [0.717, 1.165) is 23.9 Å². The van der Waals surface area contributed by atoms with Gasteiger partial charge < -0.3 is 4.90 Å². The van der Waals surface area contributed by atoms with E-state index in [4.69, 9.17) is 0 Å². The van der Waals surface area contributed by atoms with Gasteiger partial charge in [0.15, 0.2) is 0 Å². The molecule has 4 unspecified atom stereocenters. The first-order valence-electron chi connectivity index (χ1n) is 5.24. The van der Waals surface area contributed by atoms with Crippen LogP contribution in [0.1, 0.15) is 40.5 Å².